The second-order valence-corrected chi connectivity index (χ2v) is 9.39. The van der Waals surface area contributed by atoms with Crippen LogP contribution in [0.1, 0.15) is 28.3 Å². The van der Waals surface area contributed by atoms with Gasteiger partial charge in [0.2, 0.25) is 0 Å². The van der Waals surface area contributed by atoms with Crippen molar-refractivity contribution >= 4 is 46.3 Å². The SMILES string of the molecule is COc1ccc(C2/C(=C(\O)c3cc(C)cc(Cl)c3OC)C(=O)C(=O)N2c2cc(Cl)ccc2C)cc1OC. The van der Waals surface area contributed by atoms with Gasteiger partial charge < -0.3 is 19.3 Å². The van der Waals surface area contributed by atoms with E-state index in [9.17, 15) is 14.7 Å². The van der Waals surface area contributed by atoms with Crippen LogP contribution in [0.4, 0.5) is 5.69 Å². The van der Waals surface area contributed by atoms with Gasteiger partial charge in [0.25, 0.3) is 11.7 Å². The van der Waals surface area contributed by atoms with E-state index in [2.05, 4.69) is 0 Å². The minimum atomic E-state index is -1.01. The predicted molar refractivity (Wildman–Crippen MR) is 143 cm³/mol. The van der Waals surface area contributed by atoms with E-state index in [0.717, 1.165) is 5.56 Å². The molecule has 0 saturated carbocycles. The van der Waals surface area contributed by atoms with E-state index < -0.39 is 23.5 Å². The van der Waals surface area contributed by atoms with E-state index in [1.54, 1.807) is 62.4 Å². The Morgan fingerprint density at radius 3 is 2.24 bits per heavy atom. The number of rotatable bonds is 6. The topological polar surface area (TPSA) is 85.3 Å². The number of aliphatic hydroxyl groups excluding tert-OH is 1. The Morgan fingerprint density at radius 2 is 1.59 bits per heavy atom. The first-order chi connectivity index (χ1) is 17.6. The summed E-state index contributed by atoms with van der Waals surface area (Å²) >= 11 is 12.7. The average Bonchev–Trinajstić information content (AvgIpc) is 3.14. The van der Waals surface area contributed by atoms with Crippen molar-refractivity contribution in [2.45, 2.75) is 19.9 Å². The Hall–Kier alpha value is -3.68. The highest BCUT2D eigenvalue weighted by Gasteiger charge is 2.48. The first-order valence-corrected chi connectivity index (χ1v) is 12.0. The second kappa shape index (κ2) is 10.4. The maximum atomic E-state index is 13.6. The van der Waals surface area contributed by atoms with Crippen LogP contribution in [0.5, 0.6) is 17.2 Å². The van der Waals surface area contributed by atoms with Crippen LogP contribution in [0.2, 0.25) is 10.0 Å². The molecule has 1 heterocycles. The Balaban J connectivity index is 2.06. The lowest BCUT2D eigenvalue weighted by Gasteiger charge is -2.27. The summed E-state index contributed by atoms with van der Waals surface area (Å²) in [5.74, 6) is -1.05. The average molecular weight is 542 g/mol. The predicted octanol–water partition coefficient (Wildman–Crippen LogP) is 6.26. The van der Waals surface area contributed by atoms with Gasteiger partial charge in [0.05, 0.1) is 43.5 Å². The fourth-order valence-electron chi connectivity index (χ4n) is 4.52. The van der Waals surface area contributed by atoms with Gasteiger partial charge in [0.15, 0.2) is 11.5 Å². The summed E-state index contributed by atoms with van der Waals surface area (Å²) in [6.07, 6.45) is 0. The van der Waals surface area contributed by atoms with Gasteiger partial charge in [-0.15, -0.1) is 0 Å². The van der Waals surface area contributed by atoms with Crippen LogP contribution < -0.4 is 19.1 Å². The minimum absolute atomic E-state index is 0.128. The van der Waals surface area contributed by atoms with E-state index in [1.165, 1.54) is 26.2 Å². The van der Waals surface area contributed by atoms with Gasteiger partial charge in [-0.1, -0.05) is 35.3 Å². The number of benzene rings is 3. The van der Waals surface area contributed by atoms with E-state index >= 15 is 0 Å². The molecule has 0 aliphatic carbocycles. The second-order valence-electron chi connectivity index (χ2n) is 8.54. The number of ether oxygens (including phenoxy) is 3. The van der Waals surface area contributed by atoms with Crippen LogP contribution in [0.3, 0.4) is 0 Å². The lowest BCUT2D eigenvalue weighted by Crippen LogP contribution is -2.30. The van der Waals surface area contributed by atoms with Gasteiger partial charge in [0, 0.05) is 10.7 Å². The van der Waals surface area contributed by atoms with Crippen molar-refractivity contribution in [3.63, 3.8) is 0 Å². The van der Waals surface area contributed by atoms with E-state index in [1.807, 2.05) is 0 Å². The van der Waals surface area contributed by atoms with Crippen molar-refractivity contribution in [2.75, 3.05) is 26.2 Å². The molecule has 1 saturated heterocycles. The highest BCUT2D eigenvalue weighted by molar-refractivity contribution is 6.52. The summed E-state index contributed by atoms with van der Waals surface area (Å²) in [5.41, 5.74) is 2.45. The summed E-state index contributed by atoms with van der Waals surface area (Å²) in [6, 6.07) is 12.4. The number of aliphatic hydroxyl groups is 1. The summed E-state index contributed by atoms with van der Waals surface area (Å²) in [7, 11) is 4.40. The molecule has 0 spiro atoms. The Labute approximate surface area is 224 Å². The molecule has 1 amide bonds. The Bertz CT molecular complexity index is 1450. The van der Waals surface area contributed by atoms with Crippen LogP contribution in [0.25, 0.3) is 5.76 Å². The minimum Gasteiger partial charge on any atom is -0.507 e. The molecular formula is C28H25Cl2NO6. The molecule has 3 aromatic carbocycles. The van der Waals surface area contributed by atoms with Gasteiger partial charge in [-0.2, -0.15) is 0 Å². The number of hydrogen-bond donors (Lipinski definition) is 1. The van der Waals surface area contributed by atoms with Crippen LogP contribution in [0.15, 0.2) is 54.1 Å². The quantitative estimate of drug-likeness (QED) is 0.225. The third kappa shape index (κ3) is 4.61. The summed E-state index contributed by atoms with van der Waals surface area (Å²) in [6.45, 7) is 3.60. The number of aryl methyl sites for hydroxylation is 2. The third-order valence-corrected chi connectivity index (χ3v) is 6.76. The zero-order chi connectivity index (χ0) is 27.0. The van der Waals surface area contributed by atoms with Gasteiger partial charge in [0.1, 0.15) is 11.5 Å². The van der Waals surface area contributed by atoms with Gasteiger partial charge in [-0.05, 0) is 66.9 Å². The van der Waals surface area contributed by atoms with Crippen molar-refractivity contribution in [1.82, 2.24) is 0 Å². The summed E-state index contributed by atoms with van der Waals surface area (Å²) < 4.78 is 16.3. The molecule has 0 radical (unpaired) electrons. The van der Waals surface area contributed by atoms with Crippen LogP contribution in [0, 0.1) is 13.8 Å². The molecule has 1 N–H and O–H groups in total. The number of Topliss-reactive ketones (excluding diaryl/α,β-unsaturated/α-hetero) is 1. The number of methoxy groups -OCH3 is 3. The number of nitrogens with zero attached hydrogens (tertiary/aromatic N) is 1. The van der Waals surface area contributed by atoms with Gasteiger partial charge >= 0.3 is 0 Å². The zero-order valence-corrected chi connectivity index (χ0v) is 22.4. The maximum absolute atomic E-state index is 13.6. The molecule has 192 valence electrons. The van der Waals surface area contributed by atoms with E-state index in [4.69, 9.17) is 37.4 Å². The first kappa shape index (κ1) is 26.4. The number of carbonyl (C=O) groups excluding carboxylic acids is 2. The molecule has 0 aromatic heterocycles. The number of anilines is 1. The van der Waals surface area contributed by atoms with Gasteiger partial charge in [-0.25, -0.2) is 0 Å². The Morgan fingerprint density at radius 1 is 0.892 bits per heavy atom. The fourth-order valence-corrected chi connectivity index (χ4v) is 5.04. The third-order valence-electron chi connectivity index (χ3n) is 6.25. The molecule has 1 atom stereocenters. The molecule has 1 aliphatic rings. The number of ketones is 1. The fraction of sp³-hybridized carbons (Fsp3) is 0.214. The molecule has 1 aliphatic heterocycles. The zero-order valence-electron chi connectivity index (χ0n) is 20.9. The van der Waals surface area contributed by atoms with Crippen molar-refractivity contribution in [2.24, 2.45) is 0 Å². The summed E-state index contributed by atoms with van der Waals surface area (Å²) in [5, 5.41) is 12.2. The van der Waals surface area contributed by atoms with Crippen LogP contribution in [-0.4, -0.2) is 38.1 Å². The maximum Gasteiger partial charge on any atom is 0.300 e. The number of halogens is 2. The largest absolute Gasteiger partial charge is 0.507 e. The van der Waals surface area contributed by atoms with Crippen molar-refractivity contribution in [3.8, 4) is 17.2 Å². The first-order valence-electron chi connectivity index (χ1n) is 11.3. The van der Waals surface area contributed by atoms with Crippen molar-refractivity contribution in [1.29, 1.82) is 0 Å². The number of hydrogen-bond acceptors (Lipinski definition) is 6. The monoisotopic (exact) mass is 541 g/mol. The molecular weight excluding hydrogens is 517 g/mol. The molecule has 1 fully saturated rings. The van der Waals surface area contributed by atoms with Crippen molar-refractivity contribution < 1.29 is 28.9 Å². The Kier molecular flexibility index (Phi) is 7.39. The molecule has 1 unspecified atom stereocenters. The highest BCUT2D eigenvalue weighted by Crippen LogP contribution is 2.46. The normalized spacial score (nSPS) is 16.7. The molecule has 0 bridgehead atoms. The van der Waals surface area contributed by atoms with Crippen LogP contribution in [-0.2, 0) is 9.59 Å². The smallest absolute Gasteiger partial charge is 0.300 e. The molecule has 3 aromatic rings. The van der Waals surface area contributed by atoms with E-state index in [0.29, 0.717) is 33.3 Å². The van der Waals surface area contributed by atoms with Crippen LogP contribution >= 0.6 is 23.2 Å². The number of carbonyl (C=O) groups is 2. The molecule has 9 heteroatoms. The summed E-state index contributed by atoms with van der Waals surface area (Å²) in [4.78, 5) is 28.4. The number of amides is 1. The lowest BCUT2D eigenvalue weighted by atomic mass is 9.94. The molecule has 7 nitrogen and oxygen atoms in total. The standard InChI is InChI=1S/C28H25Cl2NO6/c1-14-10-18(27(37-5)19(30)11-14)25(32)23-24(16-7-9-21(35-3)22(12-16)36-4)31(28(34)26(23)33)20-13-17(29)8-6-15(20)2/h6-13,24,32H,1-5H3/b25-23+. The van der Waals surface area contributed by atoms with E-state index in [-0.39, 0.29) is 21.9 Å². The lowest BCUT2D eigenvalue weighted by molar-refractivity contribution is -0.132. The van der Waals surface area contributed by atoms with Crippen molar-refractivity contribution in [3.05, 3.63) is 86.4 Å². The molecule has 37 heavy (non-hydrogen) atoms. The van der Waals surface area contributed by atoms with Gasteiger partial charge in [-0.3, -0.25) is 14.5 Å². The molecule has 4 rings (SSSR count). The highest BCUT2D eigenvalue weighted by atomic mass is 35.5.